The van der Waals surface area contributed by atoms with E-state index >= 15 is 0 Å². The van der Waals surface area contributed by atoms with E-state index in [-0.39, 0.29) is 5.56 Å². The first kappa shape index (κ1) is 7.09. The van der Waals surface area contributed by atoms with Crippen molar-refractivity contribution in [3.63, 3.8) is 0 Å². The number of hydrogen-bond donors (Lipinski definition) is 0. The number of oxime groups is 1. The maximum Gasteiger partial charge on any atom is 0.256 e. The van der Waals surface area contributed by atoms with Gasteiger partial charge < -0.3 is 4.84 Å². The molecule has 0 spiro atoms. The van der Waals surface area contributed by atoms with Gasteiger partial charge in [0, 0.05) is 18.7 Å². The van der Waals surface area contributed by atoms with Crippen molar-refractivity contribution in [2.75, 3.05) is 6.61 Å². The zero-order valence-electron chi connectivity index (χ0n) is 6.43. The Morgan fingerprint density at radius 2 is 2.42 bits per heavy atom. The van der Waals surface area contributed by atoms with Crippen LogP contribution >= 0.6 is 0 Å². The van der Waals surface area contributed by atoms with E-state index in [1.54, 1.807) is 18.3 Å². The van der Waals surface area contributed by atoms with Crippen molar-refractivity contribution in [3.8, 4) is 0 Å². The number of pyridine rings is 1. The first-order chi connectivity index (χ1) is 5.88. The van der Waals surface area contributed by atoms with E-state index in [9.17, 15) is 4.79 Å². The van der Waals surface area contributed by atoms with Crippen LogP contribution in [0.5, 0.6) is 0 Å². The van der Waals surface area contributed by atoms with Crippen molar-refractivity contribution >= 4 is 5.84 Å². The summed E-state index contributed by atoms with van der Waals surface area (Å²) in [5.41, 5.74) is -0.0678. The van der Waals surface area contributed by atoms with E-state index in [0.29, 0.717) is 18.9 Å². The Balaban J connectivity index is 2.46. The molecule has 0 atom stereocenters. The van der Waals surface area contributed by atoms with Gasteiger partial charge in [-0.2, -0.15) is 0 Å². The van der Waals surface area contributed by atoms with E-state index < -0.39 is 0 Å². The topological polar surface area (TPSA) is 43.6 Å². The van der Waals surface area contributed by atoms with Gasteiger partial charge >= 0.3 is 0 Å². The third-order valence-electron chi connectivity index (χ3n) is 1.69. The van der Waals surface area contributed by atoms with Crippen molar-refractivity contribution < 1.29 is 4.84 Å². The minimum Gasteiger partial charge on any atom is -0.394 e. The van der Waals surface area contributed by atoms with E-state index in [1.165, 1.54) is 10.6 Å². The average molecular weight is 164 g/mol. The minimum atomic E-state index is -0.0678. The molecule has 1 aliphatic rings. The van der Waals surface area contributed by atoms with Gasteiger partial charge in [-0.25, -0.2) is 0 Å². The standard InChI is InChI=1S/C8H8N2O2/c11-8-3-1-2-5-10(8)7-4-6-12-9-7/h1-3,5H,4,6H2. The Kier molecular flexibility index (Phi) is 1.66. The molecule has 0 amide bonds. The Labute approximate surface area is 69.1 Å². The molecule has 4 heteroatoms. The van der Waals surface area contributed by atoms with E-state index in [1.807, 2.05) is 0 Å². The average Bonchev–Trinajstić information content (AvgIpc) is 2.57. The highest BCUT2D eigenvalue weighted by molar-refractivity contribution is 5.84. The summed E-state index contributed by atoms with van der Waals surface area (Å²) in [6.07, 6.45) is 2.39. The van der Waals surface area contributed by atoms with Gasteiger partial charge in [-0.3, -0.25) is 9.36 Å². The molecule has 0 N–H and O–H groups in total. The molecule has 0 fully saturated rings. The van der Waals surface area contributed by atoms with Crippen LogP contribution in [0, 0.1) is 0 Å². The lowest BCUT2D eigenvalue weighted by Crippen LogP contribution is -2.24. The summed E-state index contributed by atoms with van der Waals surface area (Å²) >= 11 is 0. The van der Waals surface area contributed by atoms with Gasteiger partial charge in [0.1, 0.15) is 6.61 Å². The van der Waals surface area contributed by atoms with Crippen molar-refractivity contribution in [3.05, 3.63) is 34.7 Å². The summed E-state index contributed by atoms with van der Waals surface area (Å²) in [5.74, 6) is 0.681. The second kappa shape index (κ2) is 2.81. The number of hydrogen-bond acceptors (Lipinski definition) is 3. The van der Waals surface area contributed by atoms with Crippen molar-refractivity contribution in [2.45, 2.75) is 6.42 Å². The predicted octanol–water partition coefficient (Wildman–Crippen LogP) is 0.430. The van der Waals surface area contributed by atoms with Crippen LogP contribution < -0.4 is 5.56 Å². The molecule has 1 aromatic rings. The third-order valence-corrected chi connectivity index (χ3v) is 1.69. The minimum absolute atomic E-state index is 0.0678. The zero-order valence-corrected chi connectivity index (χ0v) is 6.43. The molecule has 0 saturated carbocycles. The molecule has 1 aliphatic heterocycles. The first-order valence-corrected chi connectivity index (χ1v) is 3.75. The molecule has 0 unspecified atom stereocenters. The van der Waals surface area contributed by atoms with Crippen LogP contribution in [0.4, 0.5) is 0 Å². The van der Waals surface area contributed by atoms with Crippen molar-refractivity contribution in [2.24, 2.45) is 5.16 Å². The van der Waals surface area contributed by atoms with Gasteiger partial charge in [0.2, 0.25) is 0 Å². The zero-order chi connectivity index (χ0) is 8.39. The van der Waals surface area contributed by atoms with E-state index in [4.69, 9.17) is 4.84 Å². The molecule has 0 radical (unpaired) electrons. The predicted molar refractivity (Wildman–Crippen MR) is 44.1 cm³/mol. The third kappa shape index (κ3) is 1.11. The van der Waals surface area contributed by atoms with Gasteiger partial charge in [-0.1, -0.05) is 11.2 Å². The Hall–Kier alpha value is -1.58. The lowest BCUT2D eigenvalue weighted by atomic mass is 10.4. The molecular formula is C8H8N2O2. The molecule has 0 saturated heterocycles. The fraction of sp³-hybridized carbons (Fsp3) is 0.250. The highest BCUT2D eigenvalue weighted by Crippen LogP contribution is 2.00. The Morgan fingerprint density at radius 1 is 1.50 bits per heavy atom. The summed E-state index contributed by atoms with van der Waals surface area (Å²) in [5, 5.41) is 3.75. The highest BCUT2D eigenvalue weighted by atomic mass is 16.6. The lowest BCUT2D eigenvalue weighted by Gasteiger charge is -1.99. The van der Waals surface area contributed by atoms with Gasteiger partial charge in [-0.15, -0.1) is 0 Å². The van der Waals surface area contributed by atoms with Crippen molar-refractivity contribution in [1.29, 1.82) is 0 Å². The van der Waals surface area contributed by atoms with Gasteiger partial charge in [-0.05, 0) is 6.07 Å². The second-order valence-electron chi connectivity index (χ2n) is 2.50. The van der Waals surface area contributed by atoms with Gasteiger partial charge in [0.15, 0.2) is 5.84 Å². The monoisotopic (exact) mass is 164 g/mol. The molecule has 1 aromatic heterocycles. The summed E-state index contributed by atoms with van der Waals surface area (Å²) < 4.78 is 1.49. The molecule has 12 heavy (non-hydrogen) atoms. The van der Waals surface area contributed by atoms with Gasteiger partial charge in [0.05, 0.1) is 0 Å². The largest absolute Gasteiger partial charge is 0.394 e. The summed E-state index contributed by atoms with van der Waals surface area (Å²) in [7, 11) is 0. The normalized spacial score (nSPS) is 15.5. The fourth-order valence-corrected chi connectivity index (χ4v) is 1.11. The quantitative estimate of drug-likeness (QED) is 0.558. The molecule has 2 heterocycles. The van der Waals surface area contributed by atoms with Gasteiger partial charge in [0.25, 0.3) is 5.56 Å². The second-order valence-corrected chi connectivity index (χ2v) is 2.50. The first-order valence-electron chi connectivity index (χ1n) is 3.75. The fourth-order valence-electron chi connectivity index (χ4n) is 1.11. The van der Waals surface area contributed by atoms with Crippen LogP contribution in [-0.4, -0.2) is 17.0 Å². The Morgan fingerprint density at radius 3 is 3.08 bits per heavy atom. The number of rotatable bonds is 0. The summed E-state index contributed by atoms with van der Waals surface area (Å²) in [4.78, 5) is 16.0. The van der Waals surface area contributed by atoms with E-state index in [0.717, 1.165) is 0 Å². The molecule has 0 bridgehead atoms. The smallest absolute Gasteiger partial charge is 0.256 e. The molecule has 0 aliphatic carbocycles. The SMILES string of the molecule is O=c1ccccn1C1=NOCC1. The summed E-state index contributed by atoms with van der Waals surface area (Å²) in [6, 6.07) is 5.00. The molecular weight excluding hydrogens is 156 g/mol. The molecule has 4 nitrogen and oxygen atoms in total. The maximum absolute atomic E-state index is 11.2. The highest BCUT2D eigenvalue weighted by Gasteiger charge is 2.10. The number of aromatic nitrogens is 1. The van der Waals surface area contributed by atoms with Crippen LogP contribution in [0.15, 0.2) is 34.3 Å². The molecule has 0 aromatic carbocycles. The van der Waals surface area contributed by atoms with Crippen molar-refractivity contribution in [1.82, 2.24) is 4.57 Å². The summed E-state index contributed by atoms with van der Waals surface area (Å²) in [6.45, 7) is 0.566. The van der Waals surface area contributed by atoms with E-state index in [2.05, 4.69) is 5.16 Å². The number of nitrogens with zero attached hydrogens (tertiary/aromatic N) is 2. The Bertz CT molecular complexity index is 367. The van der Waals surface area contributed by atoms with Crippen LogP contribution in [0.25, 0.3) is 0 Å². The maximum atomic E-state index is 11.2. The van der Waals surface area contributed by atoms with Crippen LogP contribution in [0.1, 0.15) is 6.42 Å². The van der Waals surface area contributed by atoms with Crippen LogP contribution in [0.2, 0.25) is 0 Å². The van der Waals surface area contributed by atoms with Crippen LogP contribution in [-0.2, 0) is 4.84 Å². The molecule has 62 valence electrons. The molecule has 2 rings (SSSR count). The lowest BCUT2D eigenvalue weighted by molar-refractivity contribution is 0.173. The van der Waals surface area contributed by atoms with Crippen LogP contribution in [0.3, 0.4) is 0 Å².